The first-order chi connectivity index (χ1) is 9.15. The average Bonchev–Trinajstić information content (AvgIpc) is 2.82. The van der Waals surface area contributed by atoms with Crippen LogP contribution in [0, 0.1) is 0 Å². The lowest BCUT2D eigenvalue weighted by molar-refractivity contribution is 0.0697. The summed E-state index contributed by atoms with van der Waals surface area (Å²) in [5.41, 5.74) is 3.75. The first-order valence-electron chi connectivity index (χ1n) is 6.37. The van der Waals surface area contributed by atoms with Crippen molar-refractivity contribution < 1.29 is 9.90 Å². The Bertz CT molecular complexity index is 676. The zero-order chi connectivity index (χ0) is 13.4. The highest BCUT2D eigenvalue weighted by atomic mass is 35.5. The van der Waals surface area contributed by atoms with E-state index in [1.807, 2.05) is 12.3 Å². The van der Waals surface area contributed by atoms with Gasteiger partial charge in [0.15, 0.2) is 0 Å². The van der Waals surface area contributed by atoms with Crippen LogP contribution in [0.5, 0.6) is 0 Å². The van der Waals surface area contributed by atoms with Gasteiger partial charge in [-0.1, -0.05) is 6.08 Å². The third-order valence-corrected chi connectivity index (χ3v) is 3.69. The molecule has 1 aliphatic rings. The number of hydrogen-bond acceptors (Lipinski definition) is 2. The van der Waals surface area contributed by atoms with Crippen molar-refractivity contribution >= 4 is 34.9 Å². The molecule has 0 saturated heterocycles. The Kier molecular flexibility index (Phi) is 4.16. The van der Waals surface area contributed by atoms with E-state index in [0.717, 1.165) is 36.0 Å². The van der Waals surface area contributed by atoms with E-state index in [4.69, 9.17) is 5.11 Å². The molecule has 1 aromatic heterocycles. The molecular formula is C15H17ClN2O2. The van der Waals surface area contributed by atoms with Crippen molar-refractivity contribution in [1.29, 1.82) is 0 Å². The highest BCUT2D eigenvalue weighted by molar-refractivity contribution is 5.98. The quantitative estimate of drug-likeness (QED) is 0.894. The molecule has 5 heteroatoms. The summed E-state index contributed by atoms with van der Waals surface area (Å²) in [7, 11) is 2.10. The van der Waals surface area contributed by atoms with Gasteiger partial charge in [0.05, 0.1) is 5.56 Å². The van der Waals surface area contributed by atoms with Crippen molar-refractivity contribution in [3.63, 3.8) is 0 Å². The number of rotatable bonds is 2. The SMILES string of the molecule is CN1CC=C(c2c[nH]c3ccc(C(=O)O)cc23)CC1.Cl. The Hall–Kier alpha value is -1.78. The number of aromatic amines is 1. The fraction of sp³-hybridized carbons (Fsp3) is 0.267. The van der Waals surface area contributed by atoms with Crippen LogP contribution in [-0.4, -0.2) is 41.1 Å². The van der Waals surface area contributed by atoms with Crippen LogP contribution in [0.2, 0.25) is 0 Å². The summed E-state index contributed by atoms with van der Waals surface area (Å²) in [6.45, 7) is 1.98. The number of fused-ring (bicyclic) bond motifs is 1. The smallest absolute Gasteiger partial charge is 0.335 e. The van der Waals surface area contributed by atoms with Crippen molar-refractivity contribution in [2.75, 3.05) is 20.1 Å². The summed E-state index contributed by atoms with van der Waals surface area (Å²) in [5, 5.41) is 10.1. The molecule has 2 heterocycles. The molecule has 1 aromatic carbocycles. The Labute approximate surface area is 123 Å². The molecule has 0 atom stereocenters. The molecule has 20 heavy (non-hydrogen) atoms. The topological polar surface area (TPSA) is 56.3 Å². The van der Waals surface area contributed by atoms with Crippen LogP contribution in [0.25, 0.3) is 16.5 Å². The minimum atomic E-state index is -0.883. The largest absolute Gasteiger partial charge is 0.478 e. The van der Waals surface area contributed by atoms with Crippen LogP contribution in [0.15, 0.2) is 30.5 Å². The summed E-state index contributed by atoms with van der Waals surface area (Å²) in [6.07, 6.45) is 5.20. The number of benzene rings is 1. The monoisotopic (exact) mass is 292 g/mol. The van der Waals surface area contributed by atoms with Gasteiger partial charge < -0.3 is 15.0 Å². The maximum absolute atomic E-state index is 11.1. The maximum Gasteiger partial charge on any atom is 0.335 e. The zero-order valence-electron chi connectivity index (χ0n) is 11.2. The minimum absolute atomic E-state index is 0. The molecule has 0 aliphatic carbocycles. The normalized spacial score (nSPS) is 15.8. The lowest BCUT2D eigenvalue weighted by atomic mass is 9.98. The van der Waals surface area contributed by atoms with E-state index in [1.165, 1.54) is 5.57 Å². The summed E-state index contributed by atoms with van der Waals surface area (Å²) in [4.78, 5) is 16.5. The lowest BCUT2D eigenvalue weighted by Crippen LogP contribution is -2.23. The van der Waals surface area contributed by atoms with E-state index in [1.54, 1.807) is 12.1 Å². The number of carboxylic acid groups (broad SMARTS) is 1. The number of aromatic carboxylic acids is 1. The van der Waals surface area contributed by atoms with Gasteiger partial charge in [-0.2, -0.15) is 0 Å². The second kappa shape index (κ2) is 5.69. The zero-order valence-corrected chi connectivity index (χ0v) is 12.0. The van der Waals surface area contributed by atoms with Gasteiger partial charge in [-0.25, -0.2) is 4.79 Å². The van der Waals surface area contributed by atoms with E-state index in [9.17, 15) is 4.79 Å². The molecule has 0 bridgehead atoms. The summed E-state index contributed by atoms with van der Waals surface area (Å²) >= 11 is 0. The Morgan fingerprint density at radius 1 is 1.40 bits per heavy atom. The van der Waals surface area contributed by atoms with Gasteiger partial charge in [-0.05, 0) is 37.2 Å². The van der Waals surface area contributed by atoms with E-state index >= 15 is 0 Å². The van der Waals surface area contributed by atoms with Crippen molar-refractivity contribution in [3.8, 4) is 0 Å². The Balaban J connectivity index is 0.00000147. The molecule has 0 fully saturated rings. The molecule has 0 saturated carbocycles. The molecular weight excluding hydrogens is 276 g/mol. The third-order valence-electron chi connectivity index (χ3n) is 3.69. The minimum Gasteiger partial charge on any atom is -0.478 e. The second-order valence-electron chi connectivity index (χ2n) is 5.01. The highest BCUT2D eigenvalue weighted by Gasteiger charge is 2.14. The first kappa shape index (κ1) is 14.6. The van der Waals surface area contributed by atoms with Crippen molar-refractivity contribution in [1.82, 2.24) is 9.88 Å². The van der Waals surface area contributed by atoms with Crippen LogP contribution >= 0.6 is 12.4 Å². The predicted octanol–water partition coefficient (Wildman–Crippen LogP) is 3.01. The van der Waals surface area contributed by atoms with E-state index in [2.05, 4.69) is 23.0 Å². The molecule has 2 aromatic rings. The molecule has 0 amide bonds. The number of halogens is 1. The van der Waals surface area contributed by atoms with Crippen LogP contribution in [-0.2, 0) is 0 Å². The van der Waals surface area contributed by atoms with Crippen molar-refractivity contribution in [3.05, 3.63) is 41.6 Å². The summed E-state index contributed by atoms with van der Waals surface area (Å²) < 4.78 is 0. The number of nitrogens with one attached hydrogen (secondary N) is 1. The van der Waals surface area contributed by atoms with Gasteiger partial charge in [0.2, 0.25) is 0 Å². The van der Waals surface area contributed by atoms with Gasteiger partial charge in [0.1, 0.15) is 0 Å². The number of aromatic nitrogens is 1. The molecule has 0 radical (unpaired) electrons. The molecule has 3 rings (SSSR count). The van der Waals surface area contributed by atoms with Crippen LogP contribution in [0.4, 0.5) is 0 Å². The number of nitrogens with zero attached hydrogens (tertiary/aromatic N) is 1. The maximum atomic E-state index is 11.1. The van der Waals surface area contributed by atoms with Crippen LogP contribution < -0.4 is 0 Å². The van der Waals surface area contributed by atoms with Gasteiger partial charge >= 0.3 is 5.97 Å². The molecule has 1 aliphatic heterocycles. The highest BCUT2D eigenvalue weighted by Crippen LogP contribution is 2.29. The van der Waals surface area contributed by atoms with Gasteiger partial charge in [0.25, 0.3) is 0 Å². The second-order valence-corrected chi connectivity index (χ2v) is 5.01. The predicted molar refractivity (Wildman–Crippen MR) is 82.6 cm³/mol. The van der Waals surface area contributed by atoms with E-state index < -0.39 is 5.97 Å². The Morgan fingerprint density at radius 3 is 2.85 bits per heavy atom. The fourth-order valence-corrected chi connectivity index (χ4v) is 2.53. The third kappa shape index (κ3) is 2.57. The number of H-pyrrole nitrogens is 1. The molecule has 106 valence electrons. The molecule has 0 unspecified atom stereocenters. The molecule has 4 nitrogen and oxygen atoms in total. The number of hydrogen-bond donors (Lipinski definition) is 2. The van der Waals surface area contributed by atoms with Crippen molar-refractivity contribution in [2.45, 2.75) is 6.42 Å². The van der Waals surface area contributed by atoms with Crippen LogP contribution in [0.3, 0.4) is 0 Å². The standard InChI is InChI=1S/C15H16N2O2.ClH/c1-17-6-4-10(5-7-17)13-9-16-14-3-2-11(15(18)19)8-12(13)14;/h2-4,8-9,16H,5-7H2,1H3,(H,18,19);1H. The Morgan fingerprint density at radius 2 is 2.20 bits per heavy atom. The van der Waals surface area contributed by atoms with Gasteiger partial charge in [-0.15, -0.1) is 12.4 Å². The van der Waals surface area contributed by atoms with Crippen molar-refractivity contribution in [2.24, 2.45) is 0 Å². The number of likely N-dealkylation sites (N-methyl/N-ethyl adjacent to an activating group) is 1. The van der Waals surface area contributed by atoms with Gasteiger partial charge in [0, 0.05) is 35.8 Å². The van der Waals surface area contributed by atoms with Gasteiger partial charge in [-0.3, -0.25) is 0 Å². The average molecular weight is 293 g/mol. The van der Waals surface area contributed by atoms with E-state index in [-0.39, 0.29) is 12.4 Å². The fourth-order valence-electron chi connectivity index (χ4n) is 2.53. The lowest BCUT2D eigenvalue weighted by Gasteiger charge is -2.21. The molecule has 2 N–H and O–H groups in total. The van der Waals surface area contributed by atoms with Crippen LogP contribution in [0.1, 0.15) is 22.3 Å². The number of carboxylic acids is 1. The van der Waals surface area contributed by atoms with E-state index in [0.29, 0.717) is 5.56 Å². The molecule has 0 spiro atoms. The first-order valence-corrected chi connectivity index (χ1v) is 6.37. The number of carbonyl (C=O) groups is 1. The summed E-state index contributed by atoms with van der Waals surface area (Å²) in [6, 6.07) is 5.22. The summed E-state index contributed by atoms with van der Waals surface area (Å²) in [5.74, 6) is -0.883.